The molecule has 0 saturated carbocycles. The highest BCUT2D eigenvalue weighted by Crippen LogP contribution is 2.41. The van der Waals surface area contributed by atoms with Gasteiger partial charge in [-0.3, -0.25) is 4.90 Å². The van der Waals surface area contributed by atoms with Gasteiger partial charge in [0.15, 0.2) is 5.11 Å². The van der Waals surface area contributed by atoms with E-state index in [-0.39, 0.29) is 4.75 Å². The first-order valence-corrected chi connectivity index (χ1v) is 13.3. The summed E-state index contributed by atoms with van der Waals surface area (Å²) in [7, 11) is 0. The maximum absolute atomic E-state index is 10.2. The van der Waals surface area contributed by atoms with Crippen molar-refractivity contribution in [1.82, 2.24) is 4.90 Å². The van der Waals surface area contributed by atoms with Crippen molar-refractivity contribution in [3.63, 3.8) is 0 Å². The van der Waals surface area contributed by atoms with E-state index in [1.165, 1.54) is 23.2 Å². The number of thioether (sulfide) groups is 1. The molecule has 33 heavy (non-hydrogen) atoms. The Morgan fingerprint density at radius 1 is 1.18 bits per heavy atom. The zero-order valence-electron chi connectivity index (χ0n) is 19.9. The second-order valence-corrected chi connectivity index (χ2v) is 11.6. The lowest BCUT2D eigenvalue weighted by atomic mass is 9.91. The summed E-state index contributed by atoms with van der Waals surface area (Å²) in [6.07, 6.45) is 4.32. The Labute approximate surface area is 207 Å². The van der Waals surface area contributed by atoms with Gasteiger partial charge in [0.2, 0.25) is 0 Å². The number of aromatic nitrogens is 1. The van der Waals surface area contributed by atoms with E-state index in [0.29, 0.717) is 0 Å². The number of unbranched alkanes of at least 4 members (excludes halogenated alkanes) is 1. The van der Waals surface area contributed by atoms with Crippen LogP contribution < -0.4 is 15.2 Å². The van der Waals surface area contributed by atoms with Crippen LogP contribution in [0.1, 0.15) is 56.0 Å². The molecule has 2 aliphatic heterocycles. The summed E-state index contributed by atoms with van der Waals surface area (Å²) in [6.45, 7) is 10.2. The lowest BCUT2D eigenvalue weighted by Gasteiger charge is -2.35. The number of piperazine rings is 1. The van der Waals surface area contributed by atoms with Crippen molar-refractivity contribution in [2.75, 3.05) is 36.4 Å². The van der Waals surface area contributed by atoms with Gasteiger partial charge in [-0.1, -0.05) is 45.4 Å². The quantitative estimate of drug-likeness (QED) is 0.621. The third-order valence-corrected chi connectivity index (χ3v) is 8.27. The SMILES string of the molecule is CCCCc1[nH+]c(N2CCN(C(=S)Nc3ccccc3)CC2)c(C#N)c2c1CSC(C)(C)C2. The van der Waals surface area contributed by atoms with Gasteiger partial charge in [0, 0.05) is 28.2 Å². The van der Waals surface area contributed by atoms with Crippen LogP contribution >= 0.6 is 24.0 Å². The molecule has 1 fully saturated rings. The topological polar surface area (TPSA) is 56.4 Å². The molecule has 2 aliphatic rings. The molecular formula is C26H34N5S2+. The van der Waals surface area contributed by atoms with Gasteiger partial charge in [0.1, 0.15) is 30.4 Å². The number of benzene rings is 1. The molecule has 0 spiro atoms. The number of fused-ring (bicyclic) bond motifs is 1. The van der Waals surface area contributed by atoms with Gasteiger partial charge >= 0.3 is 0 Å². The number of H-pyrrole nitrogens is 1. The summed E-state index contributed by atoms with van der Waals surface area (Å²) in [5, 5.41) is 14.3. The van der Waals surface area contributed by atoms with Crippen LogP contribution in [0.3, 0.4) is 0 Å². The van der Waals surface area contributed by atoms with Crippen molar-refractivity contribution in [3.8, 4) is 6.07 Å². The number of aromatic amines is 1. The molecule has 7 heteroatoms. The molecule has 5 nitrogen and oxygen atoms in total. The Bertz CT molecular complexity index is 1040. The number of nitrogens with zero attached hydrogens (tertiary/aromatic N) is 3. The van der Waals surface area contributed by atoms with Crippen LogP contribution in [0, 0.1) is 11.3 Å². The van der Waals surface area contributed by atoms with E-state index >= 15 is 0 Å². The summed E-state index contributed by atoms with van der Waals surface area (Å²) in [6, 6.07) is 12.7. The Morgan fingerprint density at radius 2 is 1.91 bits per heavy atom. The van der Waals surface area contributed by atoms with Crippen LogP contribution in [0.25, 0.3) is 0 Å². The maximum atomic E-state index is 10.2. The molecule has 0 atom stereocenters. The first-order chi connectivity index (χ1) is 15.9. The summed E-state index contributed by atoms with van der Waals surface area (Å²) < 4.78 is 0.160. The molecule has 0 bridgehead atoms. The number of pyridine rings is 1. The fourth-order valence-corrected chi connectivity index (χ4v) is 6.08. The number of hydrogen-bond donors (Lipinski definition) is 1. The van der Waals surface area contributed by atoms with Crippen molar-refractivity contribution in [2.24, 2.45) is 0 Å². The highest BCUT2D eigenvalue weighted by Gasteiger charge is 2.36. The van der Waals surface area contributed by atoms with E-state index in [1.54, 1.807) is 0 Å². The zero-order valence-corrected chi connectivity index (χ0v) is 21.5. The minimum Gasteiger partial charge on any atom is -0.341 e. The first-order valence-electron chi connectivity index (χ1n) is 11.9. The third-order valence-electron chi connectivity index (χ3n) is 6.55. The van der Waals surface area contributed by atoms with Gasteiger partial charge in [0.05, 0.1) is 13.1 Å². The lowest BCUT2D eigenvalue weighted by molar-refractivity contribution is -0.378. The Hall–Kier alpha value is -2.30. The average Bonchev–Trinajstić information content (AvgIpc) is 2.82. The molecule has 0 aliphatic carbocycles. The number of aryl methyl sites for hydroxylation is 1. The van der Waals surface area contributed by atoms with Gasteiger partial charge in [-0.2, -0.15) is 17.0 Å². The minimum absolute atomic E-state index is 0.160. The van der Waals surface area contributed by atoms with E-state index < -0.39 is 0 Å². The number of thiocarbonyl (C=S) groups is 1. The smallest absolute Gasteiger partial charge is 0.293 e. The Balaban J connectivity index is 1.55. The van der Waals surface area contributed by atoms with E-state index in [2.05, 4.69) is 46.9 Å². The van der Waals surface area contributed by atoms with E-state index in [4.69, 9.17) is 12.2 Å². The Morgan fingerprint density at radius 3 is 2.58 bits per heavy atom. The summed E-state index contributed by atoms with van der Waals surface area (Å²) >= 11 is 7.67. The predicted octanol–water partition coefficient (Wildman–Crippen LogP) is 4.80. The average molecular weight is 481 g/mol. The molecule has 2 aromatic rings. The number of nitrogens with one attached hydrogen (secondary N) is 2. The van der Waals surface area contributed by atoms with E-state index in [0.717, 1.165) is 73.4 Å². The Kier molecular flexibility index (Phi) is 7.45. The number of rotatable bonds is 5. The molecule has 1 aromatic carbocycles. The molecule has 2 N–H and O–H groups in total. The van der Waals surface area contributed by atoms with Crippen LogP contribution in [0.15, 0.2) is 30.3 Å². The molecule has 1 aromatic heterocycles. The van der Waals surface area contributed by atoms with Crippen LogP contribution in [0.5, 0.6) is 0 Å². The fourth-order valence-electron chi connectivity index (χ4n) is 4.65. The molecule has 3 heterocycles. The standard InChI is InChI=1S/C26H33N5S2/c1-4-5-11-23-22-18-33-26(2,3)16-20(22)21(17-27)24(29-23)30-12-14-31(15-13-30)25(32)28-19-9-7-6-8-10-19/h6-10H,4-5,11-16,18H2,1-3H3,(H,28,32)/p+1. The number of anilines is 2. The second-order valence-electron chi connectivity index (χ2n) is 9.50. The normalized spacial score (nSPS) is 17.3. The molecule has 1 saturated heterocycles. The molecule has 0 radical (unpaired) electrons. The monoisotopic (exact) mass is 480 g/mol. The number of para-hydroxylation sites is 1. The number of nitriles is 1. The third kappa shape index (κ3) is 5.44. The lowest BCUT2D eigenvalue weighted by Crippen LogP contribution is -2.51. The van der Waals surface area contributed by atoms with Crippen molar-refractivity contribution >= 4 is 40.6 Å². The van der Waals surface area contributed by atoms with Gasteiger partial charge < -0.3 is 10.2 Å². The number of hydrogen-bond acceptors (Lipinski definition) is 4. The van der Waals surface area contributed by atoms with Gasteiger partial charge in [-0.05, 0) is 42.8 Å². The van der Waals surface area contributed by atoms with Crippen molar-refractivity contribution in [1.29, 1.82) is 5.26 Å². The molecule has 0 unspecified atom stereocenters. The van der Waals surface area contributed by atoms with Crippen molar-refractivity contribution in [3.05, 3.63) is 52.7 Å². The van der Waals surface area contributed by atoms with E-state index in [9.17, 15) is 5.26 Å². The molecule has 0 amide bonds. The van der Waals surface area contributed by atoms with Gasteiger partial charge in [0.25, 0.3) is 5.82 Å². The van der Waals surface area contributed by atoms with Crippen LogP contribution in [0.4, 0.5) is 11.5 Å². The summed E-state index contributed by atoms with van der Waals surface area (Å²) in [4.78, 5) is 8.31. The van der Waals surface area contributed by atoms with Crippen LogP contribution in [-0.4, -0.2) is 40.9 Å². The summed E-state index contributed by atoms with van der Waals surface area (Å²) in [5.74, 6) is 1.99. The van der Waals surface area contributed by atoms with E-state index in [1.807, 2.05) is 42.1 Å². The van der Waals surface area contributed by atoms with Gasteiger partial charge in [-0.25, -0.2) is 4.98 Å². The zero-order chi connectivity index (χ0) is 23.4. The van der Waals surface area contributed by atoms with Crippen molar-refractivity contribution < 1.29 is 4.98 Å². The maximum Gasteiger partial charge on any atom is 0.293 e. The van der Waals surface area contributed by atoms with Crippen LogP contribution in [0.2, 0.25) is 0 Å². The highest BCUT2D eigenvalue weighted by atomic mass is 32.2. The van der Waals surface area contributed by atoms with Crippen molar-refractivity contribution in [2.45, 2.75) is 57.0 Å². The minimum atomic E-state index is 0.160. The fraction of sp³-hybridized carbons (Fsp3) is 0.500. The van der Waals surface area contributed by atoms with Crippen LogP contribution in [-0.2, 0) is 18.6 Å². The predicted molar refractivity (Wildman–Crippen MR) is 142 cm³/mol. The summed E-state index contributed by atoms with van der Waals surface area (Å²) in [5.41, 5.74) is 5.83. The molecule has 4 rings (SSSR count). The largest absolute Gasteiger partial charge is 0.341 e. The molecule has 174 valence electrons. The highest BCUT2D eigenvalue weighted by molar-refractivity contribution is 7.99. The van der Waals surface area contributed by atoms with Gasteiger partial charge in [-0.15, -0.1) is 0 Å². The molecular weight excluding hydrogens is 446 g/mol. The first kappa shape index (κ1) is 23.8. The second kappa shape index (κ2) is 10.3.